The van der Waals surface area contributed by atoms with Gasteiger partial charge < -0.3 is 24.6 Å². The molecule has 0 radical (unpaired) electrons. The van der Waals surface area contributed by atoms with E-state index in [9.17, 15) is 9.59 Å². The zero-order chi connectivity index (χ0) is 22.6. The average Bonchev–Trinajstić information content (AvgIpc) is 2.81. The molecule has 7 heteroatoms. The van der Waals surface area contributed by atoms with Gasteiger partial charge in [0.15, 0.2) is 6.10 Å². The number of carbonyl (C=O) groups is 2. The first-order valence-electron chi connectivity index (χ1n) is 12.0. The topological polar surface area (TPSA) is 71.1 Å². The van der Waals surface area contributed by atoms with Crippen molar-refractivity contribution in [2.24, 2.45) is 5.41 Å². The number of nitrogens with zero attached hydrogens (tertiary/aromatic N) is 2. The first-order chi connectivity index (χ1) is 15.5. The highest BCUT2D eigenvalue weighted by Gasteiger charge is 2.41. The van der Waals surface area contributed by atoms with Gasteiger partial charge in [0.05, 0.1) is 6.04 Å². The molecule has 3 heterocycles. The first kappa shape index (κ1) is 23.2. The van der Waals surface area contributed by atoms with Crippen LogP contribution in [0.15, 0.2) is 24.3 Å². The minimum atomic E-state index is -0.715. The molecule has 0 bridgehead atoms. The summed E-state index contributed by atoms with van der Waals surface area (Å²) >= 11 is 0. The summed E-state index contributed by atoms with van der Waals surface area (Å²) in [6.45, 7) is 7.35. The Morgan fingerprint density at radius 3 is 2.50 bits per heavy atom. The Labute approximate surface area is 191 Å². The Morgan fingerprint density at radius 2 is 1.81 bits per heavy atom. The highest BCUT2D eigenvalue weighted by Crippen LogP contribution is 2.33. The number of hydrogen-bond acceptors (Lipinski definition) is 5. The van der Waals surface area contributed by atoms with E-state index in [0.29, 0.717) is 6.54 Å². The Balaban J connectivity index is 1.46. The van der Waals surface area contributed by atoms with E-state index in [4.69, 9.17) is 9.47 Å². The van der Waals surface area contributed by atoms with Crippen molar-refractivity contribution in [3.05, 3.63) is 35.4 Å². The number of hydrogen-bond donors (Lipinski definition) is 1. The first-order valence-corrected chi connectivity index (χ1v) is 12.0. The van der Waals surface area contributed by atoms with Gasteiger partial charge in [0.1, 0.15) is 6.61 Å². The molecule has 3 fully saturated rings. The van der Waals surface area contributed by atoms with Gasteiger partial charge in [0.2, 0.25) is 5.91 Å². The van der Waals surface area contributed by atoms with Crippen LogP contribution in [0.25, 0.3) is 0 Å². The Morgan fingerprint density at radius 1 is 1.12 bits per heavy atom. The minimum Gasteiger partial charge on any atom is -0.381 e. The van der Waals surface area contributed by atoms with Gasteiger partial charge in [-0.05, 0) is 51.3 Å². The number of rotatable bonds is 6. The maximum absolute atomic E-state index is 13.4. The molecule has 2 unspecified atom stereocenters. The summed E-state index contributed by atoms with van der Waals surface area (Å²) in [6.07, 6.45) is 5.02. The van der Waals surface area contributed by atoms with Crippen LogP contribution in [-0.4, -0.2) is 80.8 Å². The monoisotopic (exact) mass is 443 g/mol. The molecule has 0 spiro atoms. The van der Waals surface area contributed by atoms with Crippen molar-refractivity contribution in [2.45, 2.75) is 51.2 Å². The third-order valence-corrected chi connectivity index (χ3v) is 7.36. The molecular formula is C25H37N3O4. The molecule has 1 aromatic carbocycles. The fraction of sp³-hybridized carbons (Fsp3) is 0.680. The molecule has 1 aromatic rings. The highest BCUT2D eigenvalue weighted by atomic mass is 16.5. The van der Waals surface area contributed by atoms with Gasteiger partial charge in [-0.2, -0.15) is 0 Å². The summed E-state index contributed by atoms with van der Waals surface area (Å²) in [4.78, 5) is 29.9. The summed E-state index contributed by atoms with van der Waals surface area (Å²) in [5, 5.41) is 3.21. The standard InChI is InChI=1S/C25H37N3O4/c1-19-6-8-20(9-7-19)22-23(32-16-21(29)27(22)2)24(30)26-17-25(10-14-31-15-11-25)18-28-12-4-3-5-13-28/h6-9,22-23H,3-5,10-18H2,1-2H3,(H,26,30). The number of nitrogens with one attached hydrogen (secondary N) is 1. The van der Waals surface area contributed by atoms with E-state index in [-0.39, 0.29) is 23.8 Å². The second-order valence-corrected chi connectivity index (χ2v) is 9.76. The molecule has 3 aliphatic heterocycles. The second-order valence-electron chi connectivity index (χ2n) is 9.76. The largest absolute Gasteiger partial charge is 0.381 e. The molecule has 0 aromatic heterocycles. The summed E-state index contributed by atoms with van der Waals surface area (Å²) in [5.41, 5.74) is 2.08. The van der Waals surface area contributed by atoms with Gasteiger partial charge in [0.25, 0.3) is 5.91 Å². The summed E-state index contributed by atoms with van der Waals surface area (Å²) in [5.74, 6) is -0.245. The quantitative estimate of drug-likeness (QED) is 0.731. The summed E-state index contributed by atoms with van der Waals surface area (Å²) < 4.78 is 11.5. The number of benzene rings is 1. The maximum Gasteiger partial charge on any atom is 0.251 e. The molecule has 0 aliphatic carbocycles. The third-order valence-electron chi connectivity index (χ3n) is 7.36. The number of carbonyl (C=O) groups excluding carboxylic acids is 2. The van der Waals surface area contributed by atoms with Crippen molar-refractivity contribution >= 4 is 11.8 Å². The number of likely N-dealkylation sites (tertiary alicyclic amines) is 1. The van der Waals surface area contributed by atoms with Crippen molar-refractivity contribution in [1.29, 1.82) is 0 Å². The van der Waals surface area contributed by atoms with E-state index in [2.05, 4.69) is 10.2 Å². The van der Waals surface area contributed by atoms with Crippen LogP contribution in [0, 0.1) is 12.3 Å². The maximum atomic E-state index is 13.4. The Hall–Kier alpha value is -1.96. The predicted molar refractivity (Wildman–Crippen MR) is 122 cm³/mol. The van der Waals surface area contributed by atoms with Gasteiger partial charge in [-0.25, -0.2) is 0 Å². The van der Waals surface area contributed by atoms with Gasteiger partial charge in [0, 0.05) is 38.8 Å². The Kier molecular flexibility index (Phi) is 7.48. The molecule has 4 rings (SSSR count). The van der Waals surface area contributed by atoms with Crippen LogP contribution in [0.1, 0.15) is 49.3 Å². The lowest BCUT2D eigenvalue weighted by Crippen LogP contribution is -2.55. The third kappa shape index (κ3) is 5.33. The molecule has 0 saturated carbocycles. The summed E-state index contributed by atoms with van der Waals surface area (Å²) in [6, 6.07) is 7.55. The van der Waals surface area contributed by atoms with Gasteiger partial charge in [-0.15, -0.1) is 0 Å². The van der Waals surface area contributed by atoms with Crippen LogP contribution in [0.2, 0.25) is 0 Å². The lowest BCUT2D eigenvalue weighted by molar-refractivity contribution is -0.162. The lowest BCUT2D eigenvalue weighted by atomic mass is 9.79. The van der Waals surface area contributed by atoms with E-state index in [0.717, 1.165) is 56.8 Å². The van der Waals surface area contributed by atoms with E-state index in [1.165, 1.54) is 19.3 Å². The lowest BCUT2D eigenvalue weighted by Gasteiger charge is -2.43. The molecule has 176 valence electrons. The molecule has 2 atom stereocenters. The number of amides is 2. The highest BCUT2D eigenvalue weighted by molar-refractivity contribution is 5.86. The minimum absolute atomic E-state index is 0.0288. The number of likely N-dealkylation sites (N-methyl/N-ethyl adjacent to an activating group) is 1. The number of ether oxygens (including phenoxy) is 2. The van der Waals surface area contributed by atoms with Gasteiger partial charge in [-0.1, -0.05) is 36.2 Å². The zero-order valence-corrected chi connectivity index (χ0v) is 19.5. The molecule has 2 amide bonds. The van der Waals surface area contributed by atoms with E-state index < -0.39 is 12.1 Å². The second kappa shape index (κ2) is 10.3. The molecule has 7 nitrogen and oxygen atoms in total. The van der Waals surface area contributed by atoms with Crippen LogP contribution < -0.4 is 5.32 Å². The molecule has 3 aliphatic rings. The fourth-order valence-electron chi connectivity index (χ4n) is 5.26. The molecule has 3 saturated heterocycles. The van der Waals surface area contributed by atoms with Crippen molar-refractivity contribution in [1.82, 2.24) is 15.1 Å². The van der Waals surface area contributed by atoms with Gasteiger partial charge in [-0.3, -0.25) is 9.59 Å². The predicted octanol–water partition coefficient (Wildman–Crippen LogP) is 2.29. The van der Waals surface area contributed by atoms with Crippen LogP contribution in [0.5, 0.6) is 0 Å². The fourth-order valence-corrected chi connectivity index (χ4v) is 5.26. The number of morpholine rings is 1. The van der Waals surface area contributed by atoms with Crippen LogP contribution in [0.3, 0.4) is 0 Å². The molecule has 1 N–H and O–H groups in total. The van der Waals surface area contributed by atoms with Crippen LogP contribution in [0.4, 0.5) is 0 Å². The summed E-state index contributed by atoms with van der Waals surface area (Å²) in [7, 11) is 1.76. The molecular weight excluding hydrogens is 406 g/mol. The number of aryl methyl sites for hydroxylation is 1. The SMILES string of the molecule is Cc1ccc(C2C(C(=O)NCC3(CN4CCCCC4)CCOCC3)OCC(=O)N2C)cc1. The van der Waals surface area contributed by atoms with Crippen molar-refractivity contribution < 1.29 is 19.1 Å². The zero-order valence-electron chi connectivity index (χ0n) is 19.5. The van der Waals surface area contributed by atoms with Crippen LogP contribution >= 0.6 is 0 Å². The van der Waals surface area contributed by atoms with E-state index >= 15 is 0 Å². The van der Waals surface area contributed by atoms with E-state index in [1.54, 1.807) is 11.9 Å². The van der Waals surface area contributed by atoms with Crippen molar-refractivity contribution in [2.75, 3.05) is 53.0 Å². The number of piperidine rings is 1. The van der Waals surface area contributed by atoms with Crippen LogP contribution in [-0.2, 0) is 19.1 Å². The van der Waals surface area contributed by atoms with Gasteiger partial charge >= 0.3 is 0 Å². The molecule has 32 heavy (non-hydrogen) atoms. The van der Waals surface area contributed by atoms with Crippen molar-refractivity contribution in [3.8, 4) is 0 Å². The smallest absolute Gasteiger partial charge is 0.251 e. The average molecular weight is 444 g/mol. The Bertz CT molecular complexity index is 785. The normalized spacial score (nSPS) is 26.7. The van der Waals surface area contributed by atoms with E-state index in [1.807, 2.05) is 31.2 Å². The van der Waals surface area contributed by atoms with Crippen molar-refractivity contribution in [3.63, 3.8) is 0 Å².